The van der Waals surface area contributed by atoms with Gasteiger partial charge in [0.25, 0.3) is 6.47 Å². The predicted octanol–water partition coefficient (Wildman–Crippen LogP) is 0.722. The van der Waals surface area contributed by atoms with Crippen molar-refractivity contribution in [2.75, 3.05) is 6.79 Å². The van der Waals surface area contributed by atoms with Gasteiger partial charge in [-0.1, -0.05) is 0 Å². The molecule has 80 valence electrons. The summed E-state index contributed by atoms with van der Waals surface area (Å²) in [6.45, 7) is 7.80. The van der Waals surface area contributed by atoms with Crippen molar-refractivity contribution in [3.8, 4) is 0 Å². The third kappa shape index (κ3) is 2.26. The van der Waals surface area contributed by atoms with E-state index in [2.05, 4.69) is 4.74 Å². The van der Waals surface area contributed by atoms with Crippen molar-refractivity contribution in [2.45, 2.75) is 38.9 Å². The number of hydrogen-bond donors (Lipinski definition) is 0. The van der Waals surface area contributed by atoms with E-state index >= 15 is 0 Å². The molecule has 0 aliphatic carbocycles. The van der Waals surface area contributed by atoms with E-state index in [0.717, 1.165) is 0 Å². The Labute approximate surface area is 83.8 Å². The number of rotatable bonds is 4. The molecule has 1 fully saturated rings. The molecule has 0 aromatic carbocycles. The summed E-state index contributed by atoms with van der Waals surface area (Å²) in [5, 5.41) is 0. The van der Waals surface area contributed by atoms with Crippen molar-refractivity contribution in [1.29, 1.82) is 0 Å². The molecule has 1 heterocycles. The third-order valence-electron chi connectivity index (χ3n) is 2.57. The summed E-state index contributed by atoms with van der Waals surface area (Å²) >= 11 is 0. The zero-order chi connectivity index (χ0) is 10.8. The minimum absolute atomic E-state index is 0.166. The van der Waals surface area contributed by atoms with Gasteiger partial charge in [-0.25, -0.2) is 0 Å². The fourth-order valence-corrected chi connectivity index (χ4v) is 0.980. The fourth-order valence-electron chi connectivity index (χ4n) is 0.980. The molecule has 1 aliphatic heterocycles. The first kappa shape index (κ1) is 11.5. The molecule has 1 aliphatic rings. The molecule has 0 aromatic heterocycles. The average Bonchev–Trinajstić information content (AvgIpc) is 2.21. The second-order valence-electron chi connectivity index (χ2n) is 4.09. The van der Waals surface area contributed by atoms with Crippen LogP contribution in [0.5, 0.6) is 0 Å². The lowest BCUT2D eigenvalue weighted by Gasteiger charge is -2.31. The lowest BCUT2D eigenvalue weighted by Crippen LogP contribution is -2.41. The van der Waals surface area contributed by atoms with Gasteiger partial charge in [-0.3, -0.25) is 4.79 Å². The summed E-state index contributed by atoms with van der Waals surface area (Å²) in [5.41, 5.74) is -0.863. The van der Waals surface area contributed by atoms with Crippen LogP contribution in [0.25, 0.3) is 0 Å². The van der Waals surface area contributed by atoms with Gasteiger partial charge in [0.05, 0.1) is 11.2 Å². The van der Waals surface area contributed by atoms with Crippen molar-refractivity contribution < 1.29 is 23.5 Å². The van der Waals surface area contributed by atoms with E-state index < -0.39 is 18.5 Å². The maximum absolute atomic E-state index is 9.85. The van der Waals surface area contributed by atoms with Gasteiger partial charge in [0.1, 0.15) is 0 Å². The average molecular weight is 202 g/mol. The summed E-state index contributed by atoms with van der Waals surface area (Å²) < 4.78 is 20.3. The molecular weight excluding hydrogens is 187 g/mol. The summed E-state index contributed by atoms with van der Waals surface area (Å²) in [7, 11) is -0.778. The van der Waals surface area contributed by atoms with E-state index in [9.17, 15) is 4.79 Å². The number of ether oxygens (including phenoxy) is 1. The zero-order valence-electron chi connectivity index (χ0n) is 8.90. The minimum Gasteiger partial charge on any atom is -0.442 e. The zero-order valence-corrected chi connectivity index (χ0v) is 8.90. The molecule has 0 aromatic rings. The standard InChI is InChI=1S/C8H15BO5/c1-7(2)8(3,4)14-9(13-7)12-6-11-5-10/h5H,6H2,1-4H3. The number of carbonyl (C=O) groups is 1. The summed E-state index contributed by atoms with van der Waals surface area (Å²) in [4.78, 5) is 9.85. The monoisotopic (exact) mass is 202 g/mol. The van der Waals surface area contributed by atoms with Gasteiger partial charge in [-0.15, -0.1) is 0 Å². The molecule has 0 saturated carbocycles. The Bertz CT molecular complexity index is 200. The van der Waals surface area contributed by atoms with Crippen LogP contribution < -0.4 is 0 Å². The fraction of sp³-hybridized carbons (Fsp3) is 0.875. The minimum atomic E-state index is -0.778. The molecule has 14 heavy (non-hydrogen) atoms. The van der Waals surface area contributed by atoms with Crippen LogP contribution >= 0.6 is 0 Å². The number of carbonyl (C=O) groups excluding carboxylic acids is 1. The van der Waals surface area contributed by atoms with Gasteiger partial charge < -0.3 is 18.7 Å². The van der Waals surface area contributed by atoms with Gasteiger partial charge in [0, 0.05) is 0 Å². The Morgan fingerprint density at radius 2 is 1.71 bits per heavy atom. The van der Waals surface area contributed by atoms with Crippen LogP contribution in [0.1, 0.15) is 27.7 Å². The lowest BCUT2D eigenvalue weighted by atomic mass is 9.90. The normalized spacial score (nSPS) is 23.6. The Morgan fingerprint density at radius 1 is 1.21 bits per heavy atom. The van der Waals surface area contributed by atoms with Gasteiger partial charge >= 0.3 is 7.32 Å². The second-order valence-corrected chi connectivity index (χ2v) is 4.09. The van der Waals surface area contributed by atoms with Gasteiger partial charge in [0.2, 0.25) is 0 Å². The molecular formula is C8H15BO5. The number of hydrogen-bond acceptors (Lipinski definition) is 5. The topological polar surface area (TPSA) is 54.0 Å². The molecule has 1 saturated heterocycles. The highest BCUT2D eigenvalue weighted by molar-refractivity contribution is 6.37. The molecule has 0 bridgehead atoms. The van der Waals surface area contributed by atoms with E-state index in [-0.39, 0.29) is 6.79 Å². The first-order chi connectivity index (χ1) is 6.39. The molecule has 0 radical (unpaired) electrons. The molecule has 1 rings (SSSR count). The third-order valence-corrected chi connectivity index (χ3v) is 2.57. The maximum Gasteiger partial charge on any atom is 0.642 e. The molecule has 0 atom stereocenters. The van der Waals surface area contributed by atoms with Crippen molar-refractivity contribution >= 4 is 13.8 Å². The molecule has 6 heteroatoms. The molecule has 0 unspecified atom stereocenters. The lowest BCUT2D eigenvalue weighted by molar-refractivity contribution is -0.136. The Morgan fingerprint density at radius 3 is 2.14 bits per heavy atom. The van der Waals surface area contributed by atoms with Crippen LogP contribution in [0.15, 0.2) is 0 Å². The molecule has 5 nitrogen and oxygen atoms in total. The second kappa shape index (κ2) is 3.88. The van der Waals surface area contributed by atoms with Gasteiger partial charge in [0.15, 0.2) is 6.79 Å². The van der Waals surface area contributed by atoms with E-state index in [1.54, 1.807) is 0 Å². The van der Waals surface area contributed by atoms with Gasteiger partial charge in [-0.05, 0) is 27.7 Å². The Hall–Kier alpha value is -0.585. The first-order valence-electron chi connectivity index (χ1n) is 4.41. The molecule has 0 spiro atoms. The summed E-state index contributed by atoms with van der Waals surface area (Å²) in [6, 6.07) is 0. The van der Waals surface area contributed by atoms with Crippen LogP contribution in [0.2, 0.25) is 0 Å². The highest BCUT2D eigenvalue weighted by atomic mass is 16.8. The predicted molar refractivity (Wildman–Crippen MR) is 49.2 cm³/mol. The van der Waals surface area contributed by atoms with E-state index in [0.29, 0.717) is 6.47 Å². The van der Waals surface area contributed by atoms with Crippen LogP contribution in [0.4, 0.5) is 0 Å². The van der Waals surface area contributed by atoms with E-state index in [1.807, 2.05) is 27.7 Å². The smallest absolute Gasteiger partial charge is 0.442 e. The van der Waals surface area contributed by atoms with Crippen LogP contribution in [-0.2, 0) is 23.5 Å². The quantitative estimate of drug-likeness (QED) is 0.291. The SMILES string of the molecule is CC1(C)OB(OCOC=O)OC1(C)C. The van der Waals surface area contributed by atoms with Crippen LogP contribution in [-0.4, -0.2) is 31.8 Å². The van der Waals surface area contributed by atoms with E-state index in [1.165, 1.54) is 0 Å². The largest absolute Gasteiger partial charge is 0.642 e. The molecule has 0 amide bonds. The van der Waals surface area contributed by atoms with Crippen molar-refractivity contribution in [3.05, 3.63) is 0 Å². The Balaban J connectivity index is 2.43. The maximum atomic E-state index is 9.85. The summed E-state index contributed by atoms with van der Waals surface area (Å²) in [6.07, 6.45) is 0. The van der Waals surface area contributed by atoms with Crippen molar-refractivity contribution in [2.24, 2.45) is 0 Å². The summed E-state index contributed by atoms with van der Waals surface area (Å²) in [5.74, 6) is 0. The first-order valence-corrected chi connectivity index (χ1v) is 4.41. The highest BCUT2D eigenvalue weighted by Crippen LogP contribution is 2.36. The molecule has 0 N–H and O–H groups in total. The Kier molecular flexibility index (Phi) is 3.19. The van der Waals surface area contributed by atoms with E-state index in [4.69, 9.17) is 14.0 Å². The van der Waals surface area contributed by atoms with Gasteiger partial charge in [-0.2, -0.15) is 0 Å². The van der Waals surface area contributed by atoms with Crippen molar-refractivity contribution in [3.63, 3.8) is 0 Å². The van der Waals surface area contributed by atoms with Crippen LogP contribution in [0.3, 0.4) is 0 Å². The highest BCUT2D eigenvalue weighted by Gasteiger charge is 2.53. The van der Waals surface area contributed by atoms with Crippen molar-refractivity contribution in [1.82, 2.24) is 0 Å². The van der Waals surface area contributed by atoms with Crippen LogP contribution in [0, 0.1) is 0 Å².